The van der Waals surface area contributed by atoms with Gasteiger partial charge in [-0.25, -0.2) is 4.79 Å². The average Bonchev–Trinajstić information content (AvgIpc) is 2.92. The zero-order chi connectivity index (χ0) is 19.9. The molecule has 0 aliphatic carbocycles. The molecule has 1 aliphatic rings. The van der Waals surface area contributed by atoms with Crippen molar-refractivity contribution in [2.75, 3.05) is 11.9 Å². The van der Waals surface area contributed by atoms with Crippen LogP contribution in [0.3, 0.4) is 0 Å². The molecule has 0 radical (unpaired) electrons. The number of alkyl halides is 2. The number of hydrogen-bond acceptors (Lipinski definition) is 6. The number of hydrogen-bond donors (Lipinski definition) is 1. The minimum Gasteiger partial charge on any atom is -0.484 e. The molecule has 2 aromatic carbocycles. The highest BCUT2D eigenvalue weighted by molar-refractivity contribution is 5.92. The maximum atomic E-state index is 13.0. The maximum Gasteiger partial charge on any atom is 0.586 e. The first-order valence-electron chi connectivity index (χ1n) is 8.16. The van der Waals surface area contributed by atoms with Crippen molar-refractivity contribution in [1.29, 1.82) is 0 Å². The Balaban J connectivity index is 1.41. The fourth-order valence-corrected chi connectivity index (χ4v) is 2.77. The Hall–Kier alpha value is -3.62. The average molecular weight is 389 g/mol. The predicted octanol–water partition coefficient (Wildman–Crippen LogP) is 3.44. The number of amides is 1. The summed E-state index contributed by atoms with van der Waals surface area (Å²) < 4.78 is 45.2. The van der Waals surface area contributed by atoms with Crippen LogP contribution in [0.1, 0.15) is 5.56 Å². The molecule has 4 rings (SSSR count). The summed E-state index contributed by atoms with van der Waals surface area (Å²) in [6.45, 7) is 1.45. The van der Waals surface area contributed by atoms with Gasteiger partial charge in [0.05, 0.1) is 0 Å². The Morgan fingerprint density at radius 3 is 2.71 bits per heavy atom. The van der Waals surface area contributed by atoms with Gasteiger partial charge in [0.2, 0.25) is 0 Å². The van der Waals surface area contributed by atoms with E-state index in [9.17, 15) is 18.4 Å². The Bertz CT molecular complexity index is 1140. The van der Waals surface area contributed by atoms with E-state index in [2.05, 4.69) is 14.8 Å². The van der Waals surface area contributed by atoms with Gasteiger partial charge in [0, 0.05) is 29.3 Å². The molecule has 144 valence electrons. The van der Waals surface area contributed by atoms with Crippen LogP contribution < -0.4 is 25.2 Å². The first-order chi connectivity index (χ1) is 13.3. The number of benzene rings is 2. The molecule has 9 heteroatoms. The summed E-state index contributed by atoms with van der Waals surface area (Å²) in [5, 5.41) is 3.26. The predicted molar refractivity (Wildman–Crippen MR) is 94.0 cm³/mol. The molecule has 1 aromatic heterocycles. The first-order valence-corrected chi connectivity index (χ1v) is 8.16. The lowest BCUT2D eigenvalue weighted by Gasteiger charge is -2.09. The summed E-state index contributed by atoms with van der Waals surface area (Å²) >= 11 is 0. The Morgan fingerprint density at radius 2 is 1.89 bits per heavy atom. The minimum atomic E-state index is -3.72. The van der Waals surface area contributed by atoms with Gasteiger partial charge in [-0.3, -0.25) is 4.79 Å². The second kappa shape index (κ2) is 6.52. The summed E-state index contributed by atoms with van der Waals surface area (Å²) in [7, 11) is 0. The number of carbonyl (C=O) groups excluding carboxylic acids is 1. The molecule has 0 bridgehead atoms. The second-order valence-corrected chi connectivity index (χ2v) is 6.07. The topological polar surface area (TPSA) is 87.0 Å². The number of fused-ring (bicyclic) bond motifs is 2. The van der Waals surface area contributed by atoms with Crippen molar-refractivity contribution in [2.24, 2.45) is 0 Å². The number of anilines is 1. The molecule has 1 amide bonds. The second-order valence-electron chi connectivity index (χ2n) is 6.07. The smallest absolute Gasteiger partial charge is 0.484 e. The van der Waals surface area contributed by atoms with Gasteiger partial charge in [-0.15, -0.1) is 8.78 Å². The highest BCUT2D eigenvalue weighted by Gasteiger charge is 2.43. The Morgan fingerprint density at radius 1 is 1.11 bits per heavy atom. The summed E-state index contributed by atoms with van der Waals surface area (Å²) in [5.41, 5.74) is 0.880. The molecule has 0 spiro atoms. The Labute approximate surface area is 156 Å². The van der Waals surface area contributed by atoms with E-state index in [1.54, 1.807) is 19.1 Å². The van der Waals surface area contributed by atoms with E-state index < -0.39 is 17.8 Å². The van der Waals surface area contributed by atoms with Crippen LogP contribution in [0, 0.1) is 6.92 Å². The standard InChI is InChI=1S/C19H13F2NO6/c1-10-6-18(24)26-15-8-12(3-4-13(10)15)25-9-17(23)22-11-2-5-14-16(7-11)28-19(20,21)27-14/h2-8H,9H2,1H3,(H,22,23). The van der Waals surface area contributed by atoms with Gasteiger partial charge < -0.3 is 23.9 Å². The summed E-state index contributed by atoms with van der Waals surface area (Å²) in [6.07, 6.45) is -3.72. The zero-order valence-corrected chi connectivity index (χ0v) is 14.5. The van der Waals surface area contributed by atoms with E-state index in [0.717, 1.165) is 10.9 Å². The summed E-state index contributed by atoms with van der Waals surface area (Å²) in [5.74, 6) is -0.478. The number of aryl methyl sites for hydroxylation is 1. The number of halogens is 2. The van der Waals surface area contributed by atoms with Gasteiger partial charge in [-0.05, 0) is 36.8 Å². The molecule has 2 heterocycles. The summed E-state index contributed by atoms with van der Waals surface area (Å²) in [4.78, 5) is 23.5. The van der Waals surface area contributed by atoms with Gasteiger partial charge >= 0.3 is 11.9 Å². The molecule has 1 N–H and O–H groups in total. The van der Waals surface area contributed by atoms with Crippen molar-refractivity contribution in [1.82, 2.24) is 0 Å². The lowest BCUT2D eigenvalue weighted by molar-refractivity contribution is -0.286. The fourth-order valence-electron chi connectivity index (χ4n) is 2.77. The lowest BCUT2D eigenvalue weighted by atomic mass is 10.1. The third kappa shape index (κ3) is 3.59. The van der Waals surface area contributed by atoms with Crippen LogP contribution in [0.4, 0.5) is 14.5 Å². The van der Waals surface area contributed by atoms with E-state index in [-0.39, 0.29) is 23.8 Å². The molecule has 28 heavy (non-hydrogen) atoms. The van der Waals surface area contributed by atoms with Crippen molar-refractivity contribution in [3.05, 3.63) is 58.4 Å². The number of ether oxygens (including phenoxy) is 3. The number of carbonyl (C=O) groups is 1. The van der Waals surface area contributed by atoms with Crippen LogP contribution in [0.2, 0.25) is 0 Å². The van der Waals surface area contributed by atoms with Crippen LogP contribution in [-0.4, -0.2) is 18.8 Å². The molecule has 3 aromatic rings. The van der Waals surface area contributed by atoms with Gasteiger partial charge in [-0.2, -0.15) is 0 Å². The molecule has 0 fully saturated rings. The summed E-state index contributed by atoms with van der Waals surface area (Å²) in [6, 6.07) is 10.2. The normalized spacial score (nSPS) is 14.1. The van der Waals surface area contributed by atoms with Crippen LogP contribution >= 0.6 is 0 Å². The molecule has 7 nitrogen and oxygen atoms in total. The fraction of sp³-hybridized carbons (Fsp3) is 0.158. The van der Waals surface area contributed by atoms with Gasteiger partial charge in [-0.1, -0.05) is 0 Å². The SMILES string of the molecule is Cc1cc(=O)oc2cc(OCC(=O)Nc3ccc4c(c3)OC(F)(F)O4)ccc12. The first kappa shape index (κ1) is 17.8. The molecule has 0 saturated carbocycles. The van der Waals surface area contributed by atoms with E-state index in [4.69, 9.17) is 9.15 Å². The van der Waals surface area contributed by atoms with Crippen LogP contribution in [0.5, 0.6) is 17.2 Å². The number of nitrogens with one attached hydrogen (secondary N) is 1. The lowest BCUT2D eigenvalue weighted by Crippen LogP contribution is -2.25. The van der Waals surface area contributed by atoms with Crippen molar-refractivity contribution < 1.29 is 32.2 Å². The number of rotatable bonds is 4. The molecule has 0 unspecified atom stereocenters. The van der Waals surface area contributed by atoms with Gasteiger partial charge in [0.25, 0.3) is 5.91 Å². The molecule has 0 saturated heterocycles. The van der Waals surface area contributed by atoms with Crippen LogP contribution in [-0.2, 0) is 4.79 Å². The zero-order valence-electron chi connectivity index (χ0n) is 14.5. The monoisotopic (exact) mass is 389 g/mol. The van der Waals surface area contributed by atoms with Gasteiger partial charge in [0.15, 0.2) is 18.1 Å². The molecule has 1 aliphatic heterocycles. The van der Waals surface area contributed by atoms with E-state index in [1.165, 1.54) is 30.3 Å². The van der Waals surface area contributed by atoms with Crippen LogP contribution in [0.15, 0.2) is 51.7 Å². The van der Waals surface area contributed by atoms with E-state index in [1.807, 2.05) is 0 Å². The van der Waals surface area contributed by atoms with E-state index >= 15 is 0 Å². The quantitative estimate of drug-likeness (QED) is 0.688. The van der Waals surface area contributed by atoms with E-state index in [0.29, 0.717) is 11.3 Å². The molecule has 0 atom stereocenters. The van der Waals surface area contributed by atoms with Crippen LogP contribution in [0.25, 0.3) is 11.0 Å². The third-order valence-corrected chi connectivity index (χ3v) is 3.98. The van der Waals surface area contributed by atoms with Crippen molar-refractivity contribution in [3.63, 3.8) is 0 Å². The van der Waals surface area contributed by atoms with Crippen molar-refractivity contribution in [2.45, 2.75) is 13.2 Å². The van der Waals surface area contributed by atoms with Crippen molar-refractivity contribution in [3.8, 4) is 17.2 Å². The highest BCUT2D eigenvalue weighted by atomic mass is 19.3. The Kier molecular flexibility index (Phi) is 4.14. The largest absolute Gasteiger partial charge is 0.586 e. The molecular weight excluding hydrogens is 376 g/mol. The highest BCUT2D eigenvalue weighted by Crippen LogP contribution is 2.42. The van der Waals surface area contributed by atoms with Crippen molar-refractivity contribution >= 4 is 22.6 Å². The maximum absolute atomic E-state index is 13.0. The molecular formula is C19H13F2NO6. The minimum absolute atomic E-state index is 0.118. The van der Waals surface area contributed by atoms with Gasteiger partial charge in [0.1, 0.15) is 11.3 Å². The third-order valence-electron chi connectivity index (χ3n) is 3.98.